The van der Waals surface area contributed by atoms with E-state index in [0.717, 1.165) is 0 Å². The van der Waals surface area contributed by atoms with E-state index >= 15 is 0 Å². The van der Waals surface area contributed by atoms with Gasteiger partial charge in [-0.1, -0.05) is 11.2 Å². The molecule has 90 valence electrons. The van der Waals surface area contributed by atoms with Gasteiger partial charge in [0.25, 0.3) is 5.89 Å². The van der Waals surface area contributed by atoms with E-state index in [4.69, 9.17) is 4.52 Å². The van der Waals surface area contributed by atoms with Crippen molar-refractivity contribution in [3.63, 3.8) is 0 Å². The van der Waals surface area contributed by atoms with Crippen molar-refractivity contribution in [2.75, 3.05) is 0 Å². The zero-order chi connectivity index (χ0) is 12.5. The third kappa shape index (κ3) is 2.96. The Morgan fingerprint density at radius 3 is 2.65 bits per heavy atom. The van der Waals surface area contributed by atoms with Gasteiger partial charge in [0.15, 0.2) is 5.82 Å². The first-order valence-corrected chi connectivity index (χ1v) is 4.60. The lowest BCUT2D eigenvalue weighted by molar-refractivity contribution is -0.274. The molecule has 1 aromatic heterocycles. The summed E-state index contributed by atoms with van der Waals surface area (Å²) in [6.07, 6.45) is -4.72. The third-order valence-corrected chi connectivity index (χ3v) is 1.84. The first-order valence-electron chi connectivity index (χ1n) is 4.60. The first-order chi connectivity index (χ1) is 7.94. The molecule has 2 aromatic rings. The predicted octanol–water partition coefficient (Wildman–Crippen LogP) is 2.94. The van der Waals surface area contributed by atoms with Crippen LogP contribution in [0.15, 0.2) is 28.8 Å². The molecule has 0 aliphatic heterocycles. The highest BCUT2D eigenvalue weighted by atomic mass is 19.4. The quantitative estimate of drug-likeness (QED) is 0.814. The second-order valence-electron chi connectivity index (χ2n) is 3.22. The molecule has 2 rings (SSSR count). The highest BCUT2D eigenvalue weighted by Crippen LogP contribution is 2.26. The summed E-state index contributed by atoms with van der Waals surface area (Å²) in [5, 5.41) is 3.55. The van der Waals surface area contributed by atoms with Crippen LogP contribution in [0.1, 0.15) is 5.82 Å². The predicted molar refractivity (Wildman–Crippen MR) is 51.2 cm³/mol. The maximum Gasteiger partial charge on any atom is 0.573 e. The van der Waals surface area contributed by atoms with Crippen LogP contribution in [0.4, 0.5) is 13.2 Å². The molecular weight excluding hydrogens is 237 g/mol. The van der Waals surface area contributed by atoms with Gasteiger partial charge >= 0.3 is 6.36 Å². The molecule has 17 heavy (non-hydrogen) atoms. The molecule has 0 bridgehead atoms. The number of hydrogen-bond acceptors (Lipinski definition) is 4. The molecule has 1 aromatic carbocycles. The molecule has 7 heteroatoms. The van der Waals surface area contributed by atoms with E-state index in [1.54, 1.807) is 13.0 Å². The summed E-state index contributed by atoms with van der Waals surface area (Å²) in [7, 11) is 0. The largest absolute Gasteiger partial charge is 0.573 e. The minimum absolute atomic E-state index is 0.148. The highest BCUT2D eigenvalue weighted by molar-refractivity contribution is 5.55. The van der Waals surface area contributed by atoms with Gasteiger partial charge in [-0.2, -0.15) is 4.98 Å². The minimum Gasteiger partial charge on any atom is -0.406 e. The number of aromatic nitrogens is 2. The summed E-state index contributed by atoms with van der Waals surface area (Å²) in [6.45, 7) is 1.61. The molecule has 0 spiro atoms. The number of rotatable bonds is 2. The van der Waals surface area contributed by atoms with Crippen LogP contribution in [0.25, 0.3) is 11.5 Å². The Labute approximate surface area is 94.0 Å². The molecule has 0 aliphatic rings. The Hall–Kier alpha value is -2.05. The first kappa shape index (κ1) is 11.4. The zero-order valence-electron chi connectivity index (χ0n) is 8.65. The van der Waals surface area contributed by atoms with Crippen LogP contribution < -0.4 is 4.74 Å². The number of alkyl halides is 3. The van der Waals surface area contributed by atoms with Crippen molar-refractivity contribution in [3.8, 4) is 17.2 Å². The van der Waals surface area contributed by atoms with Gasteiger partial charge in [0.05, 0.1) is 0 Å². The molecule has 0 saturated heterocycles. The van der Waals surface area contributed by atoms with Gasteiger partial charge in [0.2, 0.25) is 0 Å². The average molecular weight is 244 g/mol. The van der Waals surface area contributed by atoms with E-state index in [-0.39, 0.29) is 11.6 Å². The SMILES string of the molecule is Cc1noc(-c2cccc(OC(F)(F)F)c2)n1. The van der Waals surface area contributed by atoms with Gasteiger partial charge in [0, 0.05) is 5.56 Å². The van der Waals surface area contributed by atoms with Gasteiger partial charge in [-0.25, -0.2) is 0 Å². The van der Waals surface area contributed by atoms with E-state index in [2.05, 4.69) is 14.9 Å². The maximum atomic E-state index is 12.0. The summed E-state index contributed by atoms with van der Waals surface area (Å²) < 4.78 is 44.6. The molecule has 1 heterocycles. The normalized spacial score (nSPS) is 11.5. The Morgan fingerprint density at radius 2 is 2.06 bits per heavy atom. The smallest absolute Gasteiger partial charge is 0.406 e. The fourth-order valence-electron chi connectivity index (χ4n) is 1.24. The van der Waals surface area contributed by atoms with Gasteiger partial charge in [-0.15, -0.1) is 13.2 Å². The molecule has 0 saturated carbocycles. The summed E-state index contributed by atoms with van der Waals surface area (Å²) in [5.74, 6) is 0.225. The molecule has 0 amide bonds. The third-order valence-electron chi connectivity index (χ3n) is 1.84. The molecule has 0 N–H and O–H groups in total. The second-order valence-corrected chi connectivity index (χ2v) is 3.22. The van der Waals surface area contributed by atoms with Crippen LogP contribution in [0.3, 0.4) is 0 Å². The van der Waals surface area contributed by atoms with E-state index in [1.807, 2.05) is 0 Å². The van der Waals surface area contributed by atoms with Crippen molar-refractivity contribution in [2.24, 2.45) is 0 Å². The van der Waals surface area contributed by atoms with Gasteiger partial charge in [-0.05, 0) is 25.1 Å². The topological polar surface area (TPSA) is 48.2 Å². The van der Waals surface area contributed by atoms with E-state index in [0.29, 0.717) is 11.4 Å². The van der Waals surface area contributed by atoms with Crippen molar-refractivity contribution in [2.45, 2.75) is 13.3 Å². The molecule has 4 nitrogen and oxygen atoms in total. The van der Waals surface area contributed by atoms with Crippen molar-refractivity contribution in [1.29, 1.82) is 0 Å². The van der Waals surface area contributed by atoms with E-state index < -0.39 is 6.36 Å². The van der Waals surface area contributed by atoms with Crippen LogP contribution in [0, 0.1) is 6.92 Å². The van der Waals surface area contributed by atoms with E-state index in [9.17, 15) is 13.2 Å². The lowest BCUT2D eigenvalue weighted by atomic mass is 10.2. The fraction of sp³-hybridized carbons (Fsp3) is 0.200. The highest BCUT2D eigenvalue weighted by Gasteiger charge is 2.31. The summed E-state index contributed by atoms with van der Waals surface area (Å²) in [4.78, 5) is 3.90. The van der Waals surface area contributed by atoms with Crippen molar-refractivity contribution >= 4 is 0 Å². The summed E-state index contributed by atoms with van der Waals surface area (Å²) in [5.41, 5.74) is 0.368. The summed E-state index contributed by atoms with van der Waals surface area (Å²) >= 11 is 0. The zero-order valence-corrected chi connectivity index (χ0v) is 8.65. The Morgan fingerprint density at radius 1 is 1.29 bits per heavy atom. The number of nitrogens with zero attached hydrogens (tertiary/aromatic N) is 2. The van der Waals surface area contributed by atoms with Crippen LogP contribution in [0.5, 0.6) is 5.75 Å². The van der Waals surface area contributed by atoms with Crippen LogP contribution in [0.2, 0.25) is 0 Å². The average Bonchev–Trinajstić information content (AvgIpc) is 2.63. The fourth-order valence-corrected chi connectivity index (χ4v) is 1.24. The maximum absolute atomic E-state index is 12.0. The second kappa shape index (κ2) is 4.08. The Bertz CT molecular complexity index is 522. The van der Waals surface area contributed by atoms with Gasteiger partial charge in [-0.3, -0.25) is 0 Å². The van der Waals surface area contributed by atoms with Gasteiger partial charge < -0.3 is 9.26 Å². The van der Waals surface area contributed by atoms with Crippen LogP contribution in [-0.4, -0.2) is 16.5 Å². The van der Waals surface area contributed by atoms with E-state index in [1.165, 1.54) is 18.2 Å². The van der Waals surface area contributed by atoms with Crippen molar-refractivity contribution in [3.05, 3.63) is 30.1 Å². The van der Waals surface area contributed by atoms with Crippen molar-refractivity contribution in [1.82, 2.24) is 10.1 Å². The number of halogens is 3. The molecule has 0 aliphatic carbocycles. The lowest BCUT2D eigenvalue weighted by Crippen LogP contribution is -2.17. The van der Waals surface area contributed by atoms with Crippen molar-refractivity contribution < 1.29 is 22.4 Å². The molecule has 0 unspecified atom stereocenters. The molecule has 0 fully saturated rings. The standard InChI is InChI=1S/C10H7F3N2O2/c1-6-14-9(17-15-6)7-3-2-4-8(5-7)16-10(11,12)13/h2-5H,1H3. The van der Waals surface area contributed by atoms with Crippen LogP contribution >= 0.6 is 0 Å². The van der Waals surface area contributed by atoms with Gasteiger partial charge in [0.1, 0.15) is 5.75 Å². The number of ether oxygens (including phenoxy) is 1. The number of hydrogen-bond donors (Lipinski definition) is 0. The number of aryl methyl sites for hydroxylation is 1. The minimum atomic E-state index is -4.72. The molecule has 0 atom stereocenters. The Balaban J connectivity index is 2.29. The number of benzene rings is 1. The lowest BCUT2D eigenvalue weighted by Gasteiger charge is -2.08. The Kier molecular flexibility index (Phi) is 2.74. The molecule has 0 radical (unpaired) electrons. The summed E-state index contributed by atoms with van der Waals surface area (Å²) in [6, 6.07) is 5.34. The molecular formula is C10H7F3N2O2. The van der Waals surface area contributed by atoms with Crippen LogP contribution in [-0.2, 0) is 0 Å². The monoisotopic (exact) mass is 244 g/mol.